The van der Waals surface area contributed by atoms with Gasteiger partial charge in [-0.2, -0.15) is 5.10 Å². The van der Waals surface area contributed by atoms with Gasteiger partial charge in [0.1, 0.15) is 17.2 Å². The third kappa shape index (κ3) is 2.41. The van der Waals surface area contributed by atoms with E-state index in [0.717, 1.165) is 11.1 Å². The Hall–Kier alpha value is -2.04. The van der Waals surface area contributed by atoms with Gasteiger partial charge in [0, 0.05) is 18.2 Å². The summed E-state index contributed by atoms with van der Waals surface area (Å²) < 4.78 is 21.0. The summed E-state index contributed by atoms with van der Waals surface area (Å²) in [7, 11) is 3.33. The molecule has 19 heavy (non-hydrogen) atoms. The second-order valence-electron chi connectivity index (χ2n) is 4.95. The predicted octanol–water partition coefficient (Wildman–Crippen LogP) is 2.88. The summed E-state index contributed by atoms with van der Waals surface area (Å²) in [6.07, 6.45) is 1.65. The Morgan fingerprint density at radius 2 is 2.00 bits per heavy atom. The van der Waals surface area contributed by atoms with Crippen molar-refractivity contribution in [2.24, 2.45) is 7.05 Å². The van der Waals surface area contributed by atoms with Crippen molar-refractivity contribution in [2.75, 3.05) is 12.8 Å². The Kier molecular flexibility index (Phi) is 3.22. The number of nitrogens with zero attached hydrogens (tertiary/aromatic N) is 2. The summed E-state index contributed by atoms with van der Waals surface area (Å²) in [5.74, 6) is 1.17. The zero-order valence-electron chi connectivity index (χ0n) is 11.6. The first-order valence-electron chi connectivity index (χ1n) is 6.00. The number of benzene rings is 1. The fourth-order valence-corrected chi connectivity index (χ4v) is 1.94. The third-order valence-corrected chi connectivity index (χ3v) is 3.16. The van der Waals surface area contributed by atoms with E-state index in [1.807, 2.05) is 0 Å². The molecule has 1 aromatic heterocycles. The Morgan fingerprint density at radius 3 is 2.47 bits per heavy atom. The van der Waals surface area contributed by atoms with E-state index in [-0.39, 0.29) is 0 Å². The number of hydrogen-bond donors (Lipinski definition) is 1. The normalized spacial score (nSPS) is 11.6. The van der Waals surface area contributed by atoms with Crippen molar-refractivity contribution in [3.05, 3.63) is 30.0 Å². The molecule has 0 aliphatic heterocycles. The molecule has 0 atom stereocenters. The minimum Gasteiger partial charge on any atom is -0.496 e. The largest absolute Gasteiger partial charge is 0.496 e. The average Bonchev–Trinajstić information content (AvgIpc) is 2.68. The first-order chi connectivity index (χ1) is 8.84. The predicted molar refractivity (Wildman–Crippen MR) is 73.7 cm³/mol. The molecule has 2 N–H and O–H groups in total. The minimum atomic E-state index is -1.42. The van der Waals surface area contributed by atoms with Gasteiger partial charge in [0.15, 0.2) is 0 Å². The molecule has 4 nitrogen and oxygen atoms in total. The van der Waals surface area contributed by atoms with Gasteiger partial charge in [-0.3, -0.25) is 4.68 Å². The molecule has 0 aliphatic rings. The van der Waals surface area contributed by atoms with E-state index in [2.05, 4.69) is 5.10 Å². The number of nitrogens with two attached hydrogens (primary N) is 1. The van der Waals surface area contributed by atoms with Crippen LogP contribution in [0.15, 0.2) is 24.4 Å². The lowest BCUT2D eigenvalue weighted by Crippen LogP contribution is -2.09. The SMILES string of the molecule is COc1ccc(C(C)(C)F)cc1-c1cnn(C)c1N. The topological polar surface area (TPSA) is 53.1 Å². The fraction of sp³-hybridized carbons (Fsp3) is 0.357. The maximum atomic E-state index is 14.1. The monoisotopic (exact) mass is 263 g/mol. The van der Waals surface area contributed by atoms with Gasteiger partial charge in [0.25, 0.3) is 0 Å². The Bertz CT molecular complexity index is 599. The molecule has 0 saturated carbocycles. The van der Waals surface area contributed by atoms with Crippen molar-refractivity contribution in [1.82, 2.24) is 9.78 Å². The van der Waals surface area contributed by atoms with Crippen LogP contribution >= 0.6 is 0 Å². The standard InChI is InChI=1S/C14H18FN3O/c1-14(2,15)9-5-6-12(19-4)10(7-9)11-8-17-18(3)13(11)16/h5-8H,16H2,1-4H3. The van der Waals surface area contributed by atoms with Crippen LogP contribution in [0.1, 0.15) is 19.4 Å². The van der Waals surface area contributed by atoms with Crippen LogP contribution in [0.5, 0.6) is 5.75 Å². The Morgan fingerprint density at radius 1 is 1.32 bits per heavy atom. The second kappa shape index (κ2) is 4.57. The quantitative estimate of drug-likeness (QED) is 0.926. The van der Waals surface area contributed by atoms with Gasteiger partial charge in [-0.25, -0.2) is 4.39 Å². The molecule has 1 heterocycles. The number of aromatic nitrogens is 2. The summed E-state index contributed by atoms with van der Waals surface area (Å²) in [5, 5.41) is 4.10. The van der Waals surface area contributed by atoms with Gasteiger partial charge in [0.05, 0.1) is 13.3 Å². The van der Waals surface area contributed by atoms with Crippen molar-refractivity contribution in [1.29, 1.82) is 0 Å². The first kappa shape index (κ1) is 13.4. The number of methoxy groups -OCH3 is 1. The second-order valence-corrected chi connectivity index (χ2v) is 4.95. The van der Waals surface area contributed by atoms with E-state index in [0.29, 0.717) is 17.1 Å². The summed E-state index contributed by atoms with van der Waals surface area (Å²) in [6.45, 7) is 3.04. The van der Waals surface area contributed by atoms with Crippen LogP contribution in [0.2, 0.25) is 0 Å². The van der Waals surface area contributed by atoms with E-state index in [1.165, 1.54) is 13.8 Å². The molecule has 0 aliphatic carbocycles. The lowest BCUT2D eigenvalue weighted by atomic mass is 9.95. The molecule has 0 bridgehead atoms. The van der Waals surface area contributed by atoms with E-state index < -0.39 is 5.67 Å². The third-order valence-electron chi connectivity index (χ3n) is 3.16. The Balaban J connectivity index is 2.63. The van der Waals surface area contributed by atoms with Crippen molar-refractivity contribution in [2.45, 2.75) is 19.5 Å². The smallest absolute Gasteiger partial charge is 0.130 e. The number of rotatable bonds is 3. The van der Waals surface area contributed by atoms with Gasteiger partial charge in [-0.05, 0) is 31.5 Å². The molecule has 0 unspecified atom stereocenters. The molecule has 5 heteroatoms. The lowest BCUT2D eigenvalue weighted by Gasteiger charge is -2.17. The van der Waals surface area contributed by atoms with Crippen LogP contribution in [-0.4, -0.2) is 16.9 Å². The van der Waals surface area contributed by atoms with Gasteiger partial charge in [0.2, 0.25) is 0 Å². The van der Waals surface area contributed by atoms with Crippen LogP contribution < -0.4 is 10.5 Å². The zero-order valence-corrected chi connectivity index (χ0v) is 11.6. The molecule has 0 saturated heterocycles. The van der Waals surface area contributed by atoms with Crippen molar-refractivity contribution >= 4 is 5.82 Å². The molecule has 102 valence electrons. The van der Waals surface area contributed by atoms with Crippen molar-refractivity contribution in [3.63, 3.8) is 0 Å². The Labute approximate surface area is 112 Å². The van der Waals surface area contributed by atoms with Crippen LogP contribution in [-0.2, 0) is 12.7 Å². The molecule has 0 amide bonds. The molecule has 0 fully saturated rings. The van der Waals surface area contributed by atoms with E-state index in [9.17, 15) is 4.39 Å². The summed E-state index contributed by atoms with van der Waals surface area (Å²) in [4.78, 5) is 0. The number of nitrogen functional groups attached to an aromatic ring is 1. The van der Waals surface area contributed by atoms with Crippen LogP contribution in [0, 0.1) is 0 Å². The number of halogens is 1. The van der Waals surface area contributed by atoms with Crippen LogP contribution in [0.3, 0.4) is 0 Å². The molecule has 0 spiro atoms. The van der Waals surface area contributed by atoms with Gasteiger partial charge >= 0.3 is 0 Å². The highest BCUT2D eigenvalue weighted by molar-refractivity contribution is 5.79. The molecular formula is C14H18FN3O. The van der Waals surface area contributed by atoms with Crippen molar-refractivity contribution < 1.29 is 9.13 Å². The summed E-state index contributed by atoms with van der Waals surface area (Å²) in [5.41, 5.74) is 6.61. The van der Waals surface area contributed by atoms with Crippen LogP contribution in [0.25, 0.3) is 11.1 Å². The van der Waals surface area contributed by atoms with E-state index in [1.54, 1.807) is 43.2 Å². The number of aryl methyl sites for hydroxylation is 1. The first-order valence-corrected chi connectivity index (χ1v) is 6.00. The molecule has 0 radical (unpaired) electrons. The zero-order chi connectivity index (χ0) is 14.2. The molecule has 2 aromatic rings. The highest BCUT2D eigenvalue weighted by atomic mass is 19.1. The fourth-order valence-electron chi connectivity index (χ4n) is 1.94. The molecular weight excluding hydrogens is 245 g/mol. The molecule has 2 rings (SSSR count). The average molecular weight is 263 g/mol. The van der Waals surface area contributed by atoms with Gasteiger partial charge in [-0.1, -0.05) is 6.07 Å². The number of anilines is 1. The van der Waals surface area contributed by atoms with Gasteiger partial charge in [-0.15, -0.1) is 0 Å². The molecule has 1 aromatic carbocycles. The highest BCUT2D eigenvalue weighted by Crippen LogP contribution is 2.37. The van der Waals surface area contributed by atoms with E-state index >= 15 is 0 Å². The summed E-state index contributed by atoms with van der Waals surface area (Å²) >= 11 is 0. The summed E-state index contributed by atoms with van der Waals surface area (Å²) in [6, 6.07) is 5.22. The minimum absolute atomic E-state index is 0.520. The number of ether oxygens (including phenoxy) is 1. The van der Waals surface area contributed by atoms with E-state index in [4.69, 9.17) is 10.5 Å². The van der Waals surface area contributed by atoms with Crippen molar-refractivity contribution in [3.8, 4) is 16.9 Å². The lowest BCUT2D eigenvalue weighted by molar-refractivity contribution is 0.221. The maximum absolute atomic E-state index is 14.1. The van der Waals surface area contributed by atoms with Gasteiger partial charge < -0.3 is 10.5 Å². The van der Waals surface area contributed by atoms with Crippen LogP contribution in [0.4, 0.5) is 10.2 Å². The number of hydrogen-bond acceptors (Lipinski definition) is 3. The number of alkyl halides is 1. The maximum Gasteiger partial charge on any atom is 0.130 e. The highest BCUT2D eigenvalue weighted by Gasteiger charge is 2.22.